The van der Waals surface area contributed by atoms with E-state index in [1.165, 1.54) is 17.6 Å². The highest BCUT2D eigenvalue weighted by Gasteiger charge is 2.42. The molecule has 148 valence electrons. The Bertz CT molecular complexity index is 797. The number of nitrogens with zero attached hydrogens (tertiary/aromatic N) is 1. The summed E-state index contributed by atoms with van der Waals surface area (Å²) < 4.78 is 58.3. The molecule has 1 unspecified atom stereocenters. The Morgan fingerprint density at radius 1 is 1.31 bits per heavy atom. The molecule has 1 aromatic rings. The second-order valence-corrected chi connectivity index (χ2v) is 12.1. The summed E-state index contributed by atoms with van der Waals surface area (Å²) >= 11 is 1.25. The Balaban J connectivity index is 1.56. The topological polar surface area (TPSA) is 92.8 Å². The third-order valence-corrected chi connectivity index (χ3v) is 9.23. The fraction of sp³-hybridized carbons (Fsp3) is 0.750. The van der Waals surface area contributed by atoms with Crippen LogP contribution in [0.5, 0.6) is 0 Å². The van der Waals surface area contributed by atoms with Gasteiger partial charge in [-0.2, -0.15) is 4.31 Å². The first kappa shape index (κ1) is 20.2. The standard InChI is InChI=1S/C16H26N2O5S3/c1-25(19,20)17-8-4-14-5-11-23-16(13-14)6-9-18(10-7-16)26(21,22)15-3-2-12-24-15/h2-3,12,14,17H,4-11,13H2,1H3. The van der Waals surface area contributed by atoms with Crippen LogP contribution in [0.2, 0.25) is 0 Å². The number of hydrogen-bond donors (Lipinski definition) is 1. The van der Waals surface area contributed by atoms with E-state index in [-0.39, 0.29) is 5.60 Å². The lowest BCUT2D eigenvalue weighted by Crippen LogP contribution is -2.50. The van der Waals surface area contributed by atoms with Crippen molar-refractivity contribution in [3.63, 3.8) is 0 Å². The van der Waals surface area contributed by atoms with Crippen molar-refractivity contribution in [1.82, 2.24) is 9.03 Å². The minimum absolute atomic E-state index is 0.268. The molecule has 2 aliphatic rings. The molecule has 1 spiro atoms. The average molecular weight is 423 g/mol. The smallest absolute Gasteiger partial charge is 0.252 e. The van der Waals surface area contributed by atoms with Gasteiger partial charge in [-0.3, -0.25) is 0 Å². The van der Waals surface area contributed by atoms with E-state index in [1.807, 2.05) is 0 Å². The first-order valence-corrected chi connectivity index (χ1v) is 13.0. The molecule has 1 aromatic heterocycles. The van der Waals surface area contributed by atoms with Gasteiger partial charge in [0.15, 0.2) is 0 Å². The predicted molar refractivity (Wildman–Crippen MR) is 101 cm³/mol. The normalized spacial score (nSPS) is 24.7. The lowest BCUT2D eigenvalue weighted by atomic mass is 9.79. The van der Waals surface area contributed by atoms with Gasteiger partial charge in [-0.15, -0.1) is 11.3 Å². The number of rotatable bonds is 6. The maximum Gasteiger partial charge on any atom is 0.252 e. The van der Waals surface area contributed by atoms with Crippen LogP contribution in [0.1, 0.15) is 32.1 Å². The number of nitrogens with one attached hydrogen (secondary N) is 1. The molecule has 0 aromatic carbocycles. The van der Waals surface area contributed by atoms with E-state index in [9.17, 15) is 16.8 Å². The van der Waals surface area contributed by atoms with Gasteiger partial charge in [0.25, 0.3) is 10.0 Å². The molecule has 3 heterocycles. The largest absolute Gasteiger partial charge is 0.375 e. The molecule has 10 heteroatoms. The molecule has 0 saturated carbocycles. The maximum atomic E-state index is 12.6. The van der Waals surface area contributed by atoms with E-state index in [1.54, 1.807) is 21.8 Å². The van der Waals surface area contributed by atoms with Crippen LogP contribution in [-0.4, -0.2) is 59.2 Å². The number of ether oxygens (including phenoxy) is 1. The zero-order chi connectivity index (χ0) is 18.8. The van der Waals surface area contributed by atoms with Gasteiger partial charge in [0.05, 0.1) is 11.9 Å². The molecule has 26 heavy (non-hydrogen) atoms. The first-order chi connectivity index (χ1) is 12.2. The molecule has 2 aliphatic heterocycles. The number of piperidine rings is 1. The second kappa shape index (κ2) is 7.84. The zero-order valence-electron chi connectivity index (χ0n) is 14.9. The Hall–Kier alpha value is -0.520. The molecule has 0 aliphatic carbocycles. The second-order valence-electron chi connectivity index (χ2n) is 7.18. The predicted octanol–water partition coefficient (Wildman–Crippen LogP) is 1.64. The molecule has 7 nitrogen and oxygen atoms in total. The highest BCUT2D eigenvalue weighted by molar-refractivity contribution is 7.91. The molecule has 0 bridgehead atoms. The fourth-order valence-corrected chi connectivity index (χ4v) is 6.92. The Kier molecular flexibility index (Phi) is 6.10. The van der Waals surface area contributed by atoms with Gasteiger partial charge < -0.3 is 4.74 Å². The van der Waals surface area contributed by atoms with Crippen molar-refractivity contribution in [2.75, 3.05) is 32.5 Å². The number of hydrogen-bond acceptors (Lipinski definition) is 6. The van der Waals surface area contributed by atoms with Crippen LogP contribution in [0.3, 0.4) is 0 Å². The summed E-state index contributed by atoms with van der Waals surface area (Å²) in [4.78, 5) is 0. The van der Waals surface area contributed by atoms with E-state index >= 15 is 0 Å². The first-order valence-electron chi connectivity index (χ1n) is 8.83. The number of thiophene rings is 1. The van der Waals surface area contributed by atoms with Crippen LogP contribution < -0.4 is 4.72 Å². The van der Waals surface area contributed by atoms with E-state index in [2.05, 4.69) is 4.72 Å². The summed E-state index contributed by atoms with van der Waals surface area (Å²) in [5.41, 5.74) is -0.268. The quantitative estimate of drug-likeness (QED) is 0.752. The van der Waals surface area contributed by atoms with Crippen molar-refractivity contribution < 1.29 is 21.6 Å². The van der Waals surface area contributed by atoms with Gasteiger partial charge in [-0.05, 0) is 49.5 Å². The van der Waals surface area contributed by atoms with Gasteiger partial charge in [-0.1, -0.05) is 6.07 Å². The summed E-state index contributed by atoms with van der Waals surface area (Å²) in [7, 11) is -6.56. The maximum absolute atomic E-state index is 12.6. The third-order valence-electron chi connectivity index (χ3n) is 5.23. The molecule has 1 atom stereocenters. The van der Waals surface area contributed by atoms with Gasteiger partial charge in [0.2, 0.25) is 10.0 Å². The molecule has 0 amide bonds. The van der Waals surface area contributed by atoms with Crippen LogP contribution in [0.4, 0.5) is 0 Å². The van der Waals surface area contributed by atoms with E-state index in [0.717, 1.165) is 19.3 Å². The molecular formula is C16H26N2O5S3. The average Bonchev–Trinajstić information content (AvgIpc) is 3.09. The van der Waals surface area contributed by atoms with Crippen LogP contribution in [0, 0.1) is 5.92 Å². The van der Waals surface area contributed by atoms with Gasteiger partial charge >= 0.3 is 0 Å². The van der Waals surface area contributed by atoms with E-state index in [4.69, 9.17) is 4.74 Å². The fourth-order valence-electron chi connectivity index (χ4n) is 3.84. The third kappa shape index (κ3) is 4.85. The summed E-state index contributed by atoms with van der Waals surface area (Å²) in [6.45, 7) is 2.03. The van der Waals surface area contributed by atoms with Crippen LogP contribution in [0.25, 0.3) is 0 Å². The van der Waals surface area contributed by atoms with Gasteiger partial charge in [0, 0.05) is 26.2 Å². The highest BCUT2D eigenvalue weighted by atomic mass is 32.2. The Morgan fingerprint density at radius 3 is 2.65 bits per heavy atom. The van der Waals surface area contributed by atoms with Crippen LogP contribution in [-0.2, 0) is 24.8 Å². The van der Waals surface area contributed by atoms with E-state index in [0.29, 0.717) is 49.2 Å². The van der Waals surface area contributed by atoms with Crippen molar-refractivity contribution in [1.29, 1.82) is 0 Å². The molecular weight excluding hydrogens is 396 g/mol. The van der Waals surface area contributed by atoms with Gasteiger partial charge in [0.1, 0.15) is 4.21 Å². The van der Waals surface area contributed by atoms with E-state index < -0.39 is 20.0 Å². The minimum Gasteiger partial charge on any atom is -0.375 e. The highest BCUT2D eigenvalue weighted by Crippen LogP contribution is 2.39. The summed E-state index contributed by atoms with van der Waals surface area (Å²) in [5.74, 6) is 0.401. The Morgan fingerprint density at radius 2 is 2.04 bits per heavy atom. The van der Waals surface area contributed by atoms with Gasteiger partial charge in [-0.25, -0.2) is 21.6 Å². The summed E-state index contributed by atoms with van der Waals surface area (Å²) in [5, 5.41) is 1.78. The summed E-state index contributed by atoms with van der Waals surface area (Å²) in [6.07, 6.45) is 5.12. The zero-order valence-corrected chi connectivity index (χ0v) is 17.3. The van der Waals surface area contributed by atoms with Crippen molar-refractivity contribution in [3.8, 4) is 0 Å². The molecule has 2 saturated heterocycles. The SMILES string of the molecule is CS(=O)(=O)NCCC1CCOC2(CCN(S(=O)(=O)c3cccs3)CC2)C1. The van der Waals surface area contributed by atoms with Crippen molar-refractivity contribution in [3.05, 3.63) is 17.5 Å². The lowest BCUT2D eigenvalue weighted by molar-refractivity contribution is -0.121. The molecule has 3 rings (SSSR count). The monoisotopic (exact) mass is 422 g/mol. The molecule has 0 radical (unpaired) electrons. The van der Waals surface area contributed by atoms with Crippen molar-refractivity contribution in [2.45, 2.75) is 41.9 Å². The summed E-state index contributed by atoms with van der Waals surface area (Å²) in [6, 6.07) is 3.40. The number of sulfonamides is 2. The van der Waals surface area contributed by atoms with Crippen LogP contribution >= 0.6 is 11.3 Å². The van der Waals surface area contributed by atoms with Crippen molar-refractivity contribution >= 4 is 31.4 Å². The lowest BCUT2D eigenvalue weighted by Gasteiger charge is -2.45. The van der Waals surface area contributed by atoms with Crippen LogP contribution in [0.15, 0.2) is 21.7 Å². The Labute approximate surface area is 159 Å². The molecule has 2 fully saturated rings. The molecule has 1 N–H and O–H groups in total. The minimum atomic E-state index is -3.40. The van der Waals surface area contributed by atoms with Crippen molar-refractivity contribution in [2.24, 2.45) is 5.92 Å².